The van der Waals surface area contributed by atoms with Crippen LogP contribution in [0.4, 0.5) is 22.8 Å². The maximum atomic E-state index is 13.9. The summed E-state index contributed by atoms with van der Waals surface area (Å²) in [5.74, 6) is -0.785. The molecule has 2 N–H and O–H groups in total. The predicted molar refractivity (Wildman–Crippen MR) is 130 cm³/mol. The van der Waals surface area contributed by atoms with Gasteiger partial charge in [-0.3, -0.25) is 9.80 Å². The van der Waals surface area contributed by atoms with Crippen molar-refractivity contribution in [2.75, 3.05) is 45.9 Å². The average molecular weight is 526 g/mol. The van der Waals surface area contributed by atoms with E-state index in [-0.39, 0.29) is 42.9 Å². The van der Waals surface area contributed by atoms with Gasteiger partial charge in [-0.05, 0) is 39.3 Å². The SMILES string of the molecule is CCNC(=O)N1CCN(CC2=C(C(=O)OCC)[C@@H](c3ccccc3C(F)(F)F)NC(=O)N2CC)C[C@@H]1C. The van der Waals surface area contributed by atoms with Gasteiger partial charge in [-0.2, -0.15) is 13.2 Å². The molecule has 3 rings (SSSR count). The lowest BCUT2D eigenvalue weighted by molar-refractivity contribution is -0.141. The van der Waals surface area contributed by atoms with Crippen LogP contribution < -0.4 is 10.6 Å². The van der Waals surface area contributed by atoms with E-state index in [1.165, 1.54) is 23.1 Å². The molecular weight excluding hydrogens is 491 g/mol. The summed E-state index contributed by atoms with van der Waals surface area (Å²) in [5.41, 5.74) is -0.895. The largest absolute Gasteiger partial charge is 0.463 e. The zero-order valence-electron chi connectivity index (χ0n) is 21.5. The van der Waals surface area contributed by atoms with E-state index in [0.29, 0.717) is 31.9 Å². The molecule has 1 aromatic rings. The Labute approximate surface area is 214 Å². The molecule has 1 aromatic carbocycles. The fourth-order valence-corrected chi connectivity index (χ4v) is 4.84. The molecule has 2 heterocycles. The van der Waals surface area contributed by atoms with Crippen LogP contribution >= 0.6 is 0 Å². The van der Waals surface area contributed by atoms with Crippen molar-refractivity contribution in [1.29, 1.82) is 0 Å². The van der Waals surface area contributed by atoms with Crippen molar-refractivity contribution in [3.05, 3.63) is 46.7 Å². The Morgan fingerprint density at radius 3 is 2.46 bits per heavy atom. The van der Waals surface area contributed by atoms with Crippen LogP contribution in [-0.2, 0) is 15.7 Å². The van der Waals surface area contributed by atoms with Crippen molar-refractivity contribution in [3.8, 4) is 0 Å². The normalized spacial score (nSPS) is 21.1. The topological polar surface area (TPSA) is 94.2 Å². The zero-order chi connectivity index (χ0) is 27.3. The Kier molecular flexibility index (Phi) is 9.06. The summed E-state index contributed by atoms with van der Waals surface area (Å²) in [6.07, 6.45) is -4.69. The van der Waals surface area contributed by atoms with Crippen LogP contribution in [-0.4, -0.2) is 84.6 Å². The number of carbonyl (C=O) groups is 3. The first kappa shape index (κ1) is 28.3. The smallest absolute Gasteiger partial charge is 0.416 e. The minimum absolute atomic E-state index is 0.0194. The van der Waals surface area contributed by atoms with E-state index in [9.17, 15) is 27.6 Å². The highest BCUT2D eigenvalue weighted by Gasteiger charge is 2.43. The monoisotopic (exact) mass is 525 g/mol. The molecule has 2 atom stereocenters. The number of ether oxygens (including phenoxy) is 1. The van der Waals surface area contributed by atoms with Crippen LogP contribution in [0.2, 0.25) is 0 Å². The number of hydrogen-bond donors (Lipinski definition) is 2. The molecule has 0 aliphatic carbocycles. The van der Waals surface area contributed by atoms with E-state index in [2.05, 4.69) is 10.6 Å². The molecule has 204 valence electrons. The Balaban J connectivity index is 2.05. The van der Waals surface area contributed by atoms with Gasteiger partial charge in [-0.1, -0.05) is 18.2 Å². The highest BCUT2D eigenvalue weighted by Crippen LogP contribution is 2.39. The fourth-order valence-electron chi connectivity index (χ4n) is 4.84. The molecule has 4 amide bonds. The Hall–Kier alpha value is -3.28. The summed E-state index contributed by atoms with van der Waals surface area (Å²) in [6.45, 7) is 9.27. The van der Waals surface area contributed by atoms with Crippen LogP contribution in [0.3, 0.4) is 0 Å². The summed E-state index contributed by atoms with van der Waals surface area (Å²) >= 11 is 0. The van der Waals surface area contributed by atoms with Crippen LogP contribution in [0, 0.1) is 0 Å². The number of rotatable bonds is 7. The second-order valence-corrected chi connectivity index (χ2v) is 8.91. The van der Waals surface area contributed by atoms with Gasteiger partial charge in [0.2, 0.25) is 0 Å². The first-order valence-corrected chi connectivity index (χ1v) is 12.4. The second kappa shape index (κ2) is 11.8. The number of piperazine rings is 1. The molecular formula is C25H34F3N5O4. The number of hydrogen-bond acceptors (Lipinski definition) is 5. The Morgan fingerprint density at radius 2 is 1.86 bits per heavy atom. The average Bonchev–Trinajstić information content (AvgIpc) is 2.83. The molecule has 9 nitrogen and oxygen atoms in total. The van der Waals surface area contributed by atoms with E-state index in [1.807, 2.05) is 18.7 Å². The highest BCUT2D eigenvalue weighted by molar-refractivity contribution is 5.95. The number of nitrogens with one attached hydrogen (secondary N) is 2. The zero-order valence-corrected chi connectivity index (χ0v) is 21.5. The first-order chi connectivity index (χ1) is 17.5. The highest BCUT2D eigenvalue weighted by atomic mass is 19.4. The molecule has 0 spiro atoms. The molecule has 1 saturated heterocycles. The summed E-state index contributed by atoms with van der Waals surface area (Å²) in [6, 6.07) is 2.64. The number of esters is 1. The summed E-state index contributed by atoms with van der Waals surface area (Å²) in [5, 5.41) is 5.38. The van der Waals surface area contributed by atoms with Crippen molar-refractivity contribution in [3.63, 3.8) is 0 Å². The molecule has 37 heavy (non-hydrogen) atoms. The number of benzene rings is 1. The predicted octanol–water partition coefficient (Wildman–Crippen LogP) is 3.34. The molecule has 12 heteroatoms. The van der Waals surface area contributed by atoms with Crippen molar-refractivity contribution in [2.45, 2.75) is 46.0 Å². The number of carbonyl (C=O) groups excluding carboxylic acids is 3. The van der Waals surface area contributed by atoms with Gasteiger partial charge >= 0.3 is 24.2 Å². The van der Waals surface area contributed by atoms with E-state index < -0.39 is 29.8 Å². The minimum atomic E-state index is -4.69. The number of likely N-dealkylation sites (N-methyl/N-ethyl adjacent to an activating group) is 1. The maximum Gasteiger partial charge on any atom is 0.416 e. The second-order valence-electron chi connectivity index (χ2n) is 8.91. The Bertz CT molecular complexity index is 1050. The van der Waals surface area contributed by atoms with Gasteiger partial charge < -0.3 is 20.3 Å². The summed E-state index contributed by atoms with van der Waals surface area (Å²) in [4.78, 5) is 43.7. The van der Waals surface area contributed by atoms with Crippen molar-refractivity contribution in [1.82, 2.24) is 25.3 Å². The molecule has 0 radical (unpaired) electrons. The maximum absolute atomic E-state index is 13.9. The van der Waals surface area contributed by atoms with Gasteiger partial charge in [0.1, 0.15) is 0 Å². The Morgan fingerprint density at radius 1 is 1.16 bits per heavy atom. The van der Waals surface area contributed by atoms with Crippen LogP contribution in [0.25, 0.3) is 0 Å². The molecule has 1 fully saturated rings. The molecule has 0 bridgehead atoms. The quantitative estimate of drug-likeness (QED) is 0.533. The summed E-state index contributed by atoms with van der Waals surface area (Å²) < 4.78 is 46.9. The number of nitrogens with zero attached hydrogens (tertiary/aromatic N) is 3. The third-order valence-electron chi connectivity index (χ3n) is 6.50. The summed E-state index contributed by atoms with van der Waals surface area (Å²) in [7, 11) is 0. The fraction of sp³-hybridized carbons (Fsp3) is 0.560. The van der Waals surface area contributed by atoms with Gasteiger partial charge in [0.15, 0.2) is 0 Å². The minimum Gasteiger partial charge on any atom is -0.463 e. The van der Waals surface area contributed by atoms with Gasteiger partial charge in [0, 0.05) is 51.0 Å². The molecule has 0 unspecified atom stereocenters. The van der Waals surface area contributed by atoms with Gasteiger partial charge in [-0.25, -0.2) is 14.4 Å². The molecule has 2 aliphatic rings. The first-order valence-electron chi connectivity index (χ1n) is 12.4. The van der Waals surface area contributed by atoms with E-state index in [0.717, 1.165) is 6.07 Å². The van der Waals surface area contributed by atoms with Crippen LogP contribution in [0.15, 0.2) is 35.5 Å². The van der Waals surface area contributed by atoms with E-state index in [1.54, 1.807) is 18.7 Å². The number of alkyl halides is 3. The number of amides is 4. The molecule has 0 aromatic heterocycles. The van der Waals surface area contributed by atoms with Crippen molar-refractivity contribution >= 4 is 18.0 Å². The van der Waals surface area contributed by atoms with E-state index in [4.69, 9.17) is 4.74 Å². The molecule has 2 aliphatic heterocycles. The number of halogens is 3. The van der Waals surface area contributed by atoms with Gasteiger partial charge in [-0.15, -0.1) is 0 Å². The lowest BCUT2D eigenvalue weighted by atomic mass is 9.90. The van der Waals surface area contributed by atoms with E-state index >= 15 is 0 Å². The van der Waals surface area contributed by atoms with Gasteiger partial charge in [0.05, 0.1) is 23.8 Å². The lowest BCUT2D eigenvalue weighted by Crippen LogP contribution is -2.58. The third-order valence-corrected chi connectivity index (χ3v) is 6.50. The van der Waals surface area contributed by atoms with Gasteiger partial charge in [0.25, 0.3) is 0 Å². The third kappa shape index (κ3) is 6.17. The van der Waals surface area contributed by atoms with Crippen LogP contribution in [0.5, 0.6) is 0 Å². The molecule has 0 saturated carbocycles. The number of urea groups is 2. The van der Waals surface area contributed by atoms with Crippen LogP contribution in [0.1, 0.15) is 44.9 Å². The van der Waals surface area contributed by atoms with Crippen molar-refractivity contribution in [2.24, 2.45) is 0 Å². The van der Waals surface area contributed by atoms with Crippen molar-refractivity contribution < 1.29 is 32.3 Å². The lowest BCUT2D eigenvalue weighted by Gasteiger charge is -2.43. The standard InChI is InChI=1S/C25H34F3N5O4/c1-5-29-23(35)33-13-12-31(14-16(33)4)15-19-20(22(34)37-7-3)21(30-24(36)32(19)6-2)17-10-8-9-11-18(17)25(26,27)28/h8-11,16,21H,5-7,12-15H2,1-4H3,(H,29,35)(H,30,36)/t16-,21+/m0/s1.